The molecule has 2 rings (SSSR count). The topological polar surface area (TPSA) is 83.9 Å². The number of amides is 1. The predicted molar refractivity (Wildman–Crippen MR) is 55.0 cm³/mol. The number of aliphatic hydroxyl groups excluding tert-OH is 1. The molecule has 0 saturated carbocycles. The van der Waals surface area contributed by atoms with Gasteiger partial charge in [0.15, 0.2) is 16.1 Å². The summed E-state index contributed by atoms with van der Waals surface area (Å²) in [6.07, 6.45) is 1.65. The highest BCUT2D eigenvalue weighted by atomic mass is 32.2. The van der Waals surface area contributed by atoms with Gasteiger partial charge in [0, 0.05) is 0 Å². The van der Waals surface area contributed by atoms with E-state index < -0.39 is 9.84 Å². The molecule has 2 aliphatic heterocycles. The van der Waals surface area contributed by atoms with Gasteiger partial charge in [0.1, 0.15) is 5.76 Å². The molecule has 1 amide bonds. The summed E-state index contributed by atoms with van der Waals surface area (Å²) < 4.78 is 27.9. The van der Waals surface area contributed by atoms with Crippen molar-refractivity contribution in [3.05, 3.63) is 11.8 Å². The minimum absolute atomic E-state index is 0.0339. The minimum atomic E-state index is -3.26. The summed E-state index contributed by atoms with van der Waals surface area (Å²) in [5.41, 5.74) is 0. The molecule has 0 radical (unpaired) electrons. The number of rotatable bonds is 4. The van der Waals surface area contributed by atoms with E-state index >= 15 is 0 Å². The maximum absolute atomic E-state index is 11.3. The van der Waals surface area contributed by atoms with Crippen LogP contribution in [0.15, 0.2) is 11.8 Å². The van der Waals surface area contributed by atoms with Gasteiger partial charge in [0.2, 0.25) is 5.91 Å². The van der Waals surface area contributed by atoms with Crippen molar-refractivity contribution >= 4 is 15.7 Å². The molecule has 2 saturated heterocycles. The van der Waals surface area contributed by atoms with Crippen molar-refractivity contribution < 1.29 is 23.1 Å². The lowest BCUT2D eigenvalue weighted by atomic mass is 10.2. The van der Waals surface area contributed by atoms with Crippen molar-refractivity contribution in [2.45, 2.75) is 12.6 Å². The molecule has 0 aromatic rings. The Morgan fingerprint density at radius 3 is 2.88 bits per heavy atom. The van der Waals surface area contributed by atoms with Gasteiger partial charge in [0.05, 0.1) is 31.1 Å². The second kappa shape index (κ2) is 4.06. The van der Waals surface area contributed by atoms with Crippen LogP contribution in [0.25, 0.3) is 0 Å². The Bertz CT molecular complexity index is 427. The molecule has 6 nitrogen and oxygen atoms in total. The normalized spacial score (nSPS) is 26.6. The largest absolute Gasteiger partial charge is 0.473 e. The Morgan fingerprint density at radius 2 is 2.31 bits per heavy atom. The summed E-state index contributed by atoms with van der Waals surface area (Å²) in [7, 11) is -3.26. The molecule has 16 heavy (non-hydrogen) atoms. The molecule has 2 aliphatic rings. The first-order chi connectivity index (χ1) is 7.52. The molecule has 90 valence electrons. The zero-order valence-electron chi connectivity index (χ0n) is 8.63. The van der Waals surface area contributed by atoms with Gasteiger partial charge in [-0.3, -0.25) is 9.69 Å². The van der Waals surface area contributed by atoms with Gasteiger partial charge in [-0.2, -0.15) is 0 Å². The molecule has 0 aromatic carbocycles. The van der Waals surface area contributed by atoms with Gasteiger partial charge in [-0.25, -0.2) is 8.42 Å². The van der Waals surface area contributed by atoms with Crippen LogP contribution in [0.3, 0.4) is 0 Å². The maximum atomic E-state index is 11.3. The van der Waals surface area contributed by atoms with Gasteiger partial charge in [-0.1, -0.05) is 0 Å². The fraction of sp³-hybridized carbons (Fsp3) is 0.667. The maximum Gasteiger partial charge on any atom is 0.231 e. The van der Waals surface area contributed by atoms with Crippen LogP contribution < -0.4 is 0 Å². The first-order valence-electron chi connectivity index (χ1n) is 4.98. The van der Waals surface area contributed by atoms with Crippen LogP contribution in [0.4, 0.5) is 0 Å². The summed E-state index contributed by atoms with van der Waals surface area (Å²) in [6, 6.07) is 0. The molecular weight excluding hydrogens is 234 g/mol. The Balaban J connectivity index is 1.92. The zero-order valence-corrected chi connectivity index (χ0v) is 9.44. The van der Waals surface area contributed by atoms with Crippen molar-refractivity contribution in [1.29, 1.82) is 0 Å². The van der Waals surface area contributed by atoms with Crippen LogP contribution in [0.1, 0.15) is 6.42 Å². The van der Waals surface area contributed by atoms with Crippen LogP contribution in [0.5, 0.6) is 0 Å². The summed E-state index contributed by atoms with van der Waals surface area (Å²) in [5.74, 6) is 0.157. The summed E-state index contributed by atoms with van der Waals surface area (Å²) in [6.45, 7) is -0.0161. The number of ether oxygens (including phenoxy) is 1. The summed E-state index contributed by atoms with van der Waals surface area (Å²) in [5, 5.41) is 8.54. The third kappa shape index (κ3) is 2.19. The first-order valence-corrected chi connectivity index (χ1v) is 6.80. The smallest absolute Gasteiger partial charge is 0.231 e. The molecule has 2 heterocycles. The molecule has 1 N–H and O–H groups in total. The van der Waals surface area contributed by atoms with E-state index in [9.17, 15) is 13.2 Å². The number of fused-ring (bicyclic) bond motifs is 1. The van der Waals surface area contributed by atoms with Crippen LogP contribution in [-0.2, 0) is 19.4 Å². The van der Waals surface area contributed by atoms with Gasteiger partial charge in [0.25, 0.3) is 0 Å². The van der Waals surface area contributed by atoms with E-state index in [-0.39, 0.29) is 30.2 Å². The van der Waals surface area contributed by atoms with Crippen LogP contribution in [0, 0.1) is 0 Å². The molecular formula is C9H13NO5S. The Kier molecular flexibility index (Phi) is 2.90. The van der Waals surface area contributed by atoms with Crippen molar-refractivity contribution in [2.75, 3.05) is 24.7 Å². The summed E-state index contributed by atoms with van der Waals surface area (Å²) in [4.78, 5) is 12.6. The molecule has 0 aliphatic carbocycles. The predicted octanol–water partition coefficient (Wildman–Crippen LogP) is -1.13. The van der Waals surface area contributed by atoms with E-state index in [4.69, 9.17) is 9.84 Å². The highest BCUT2D eigenvalue weighted by Gasteiger charge is 2.43. The van der Waals surface area contributed by atoms with Crippen LogP contribution in [0.2, 0.25) is 0 Å². The third-order valence-corrected chi connectivity index (χ3v) is 4.08. The molecule has 0 aromatic heterocycles. The molecule has 0 bridgehead atoms. The van der Waals surface area contributed by atoms with Gasteiger partial charge >= 0.3 is 0 Å². The molecule has 0 spiro atoms. The van der Waals surface area contributed by atoms with E-state index in [0.717, 1.165) is 0 Å². The minimum Gasteiger partial charge on any atom is -0.473 e. The van der Waals surface area contributed by atoms with Crippen LogP contribution >= 0.6 is 0 Å². The SMILES string of the molecule is O=C1C[C@H]2OC(=CCS(=O)(=O)CCO)CN12. The number of β-lactam (4-membered cyclic amide) rings is 1. The first kappa shape index (κ1) is 11.4. The lowest BCUT2D eigenvalue weighted by molar-refractivity contribution is -0.154. The van der Waals surface area contributed by atoms with Crippen molar-refractivity contribution in [3.63, 3.8) is 0 Å². The average molecular weight is 247 g/mol. The Labute approximate surface area is 93.4 Å². The second-order valence-corrected chi connectivity index (χ2v) is 6.04. The van der Waals surface area contributed by atoms with E-state index in [1.807, 2.05) is 0 Å². The lowest BCUT2D eigenvalue weighted by Gasteiger charge is -2.30. The number of sulfone groups is 1. The average Bonchev–Trinajstić information content (AvgIpc) is 2.52. The molecule has 7 heteroatoms. The Hall–Kier alpha value is -1.08. The number of nitrogens with zero attached hydrogens (tertiary/aromatic N) is 1. The van der Waals surface area contributed by atoms with E-state index in [1.165, 1.54) is 6.08 Å². The van der Waals surface area contributed by atoms with E-state index in [1.54, 1.807) is 4.90 Å². The number of hydrogen-bond donors (Lipinski definition) is 1. The fourth-order valence-electron chi connectivity index (χ4n) is 1.66. The Morgan fingerprint density at radius 1 is 1.56 bits per heavy atom. The number of hydrogen-bond acceptors (Lipinski definition) is 5. The second-order valence-electron chi connectivity index (χ2n) is 3.81. The molecule has 0 unspecified atom stereocenters. The monoisotopic (exact) mass is 247 g/mol. The fourth-order valence-corrected chi connectivity index (χ4v) is 2.54. The third-order valence-electron chi connectivity index (χ3n) is 2.60. The zero-order chi connectivity index (χ0) is 11.8. The number of aliphatic hydroxyl groups is 1. The number of carbonyl (C=O) groups is 1. The van der Waals surface area contributed by atoms with Gasteiger partial charge < -0.3 is 9.84 Å². The van der Waals surface area contributed by atoms with Gasteiger partial charge in [-0.05, 0) is 6.08 Å². The van der Waals surface area contributed by atoms with Crippen molar-refractivity contribution in [2.24, 2.45) is 0 Å². The molecule has 1 atom stereocenters. The van der Waals surface area contributed by atoms with E-state index in [0.29, 0.717) is 18.7 Å². The van der Waals surface area contributed by atoms with Crippen molar-refractivity contribution in [1.82, 2.24) is 4.90 Å². The standard InChI is InChI=1S/C9H13NO5S/c11-2-4-16(13,14)3-1-7-6-10-8(12)5-9(10)15-7/h1,9,11H,2-6H2/t9-/m1/s1. The van der Waals surface area contributed by atoms with E-state index in [2.05, 4.69) is 0 Å². The highest BCUT2D eigenvalue weighted by molar-refractivity contribution is 7.91. The molecule has 2 fully saturated rings. The number of carbonyl (C=O) groups excluding carboxylic acids is 1. The summed E-state index contributed by atoms with van der Waals surface area (Å²) >= 11 is 0. The quantitative estimate of drug-likeness (QED) is 0.635. The highest BCUT2D eigenvalue weighted by Crippen LogP contribution is 2.30. The van der Waals surface area contributed by atoms with Gasteiger partial charge in [-0.15, -0.1) is 0 Å². The lowest BCUT2D eigenvalue weighted by Crippen LogP contribution is -2.48. The van der Waals surface area contributed by atoms with Crippen molar-refractivity contribution in [3.8, 4) is 0 Å². The van der Waals surface area contributed by atoms with Crippen LogP contribution in [-0.4, -0.2) is 55.2 Å².